The molecule has 72 valence electrons. The van der Waals surface area contributed by atoms with Crippen LogP contribution < -0.4 is 5.73 Å². The number of hydrogen-bond donors (Lipinski definition) is 1. The first kappa shape index (κ1) is 8.76. The predicted molar refractivity (Wildman–Crippen MR) is 49.1 cm³/mol. The van der Waals surface area contributed by atoms with Gasteiger partial charge in [0.05, 0.1) is 11.9 Å². The van der Waals surface area contributed by atoms with E-state index in [9.17, 15) is 0 Å². The Balaban J connectivity index is 2.34. The molecule has 1 atom stereocenters. The smallest absolute Gasteiger partial charge is 0.151 e. The summed E-state index contributed by atoms with van der Waals surface area (Å²) in [6.45, 7) is 0. The van der Waals surface area contributed by atoms with E-state index < -0.39 is 0 Å². The molecule has 0 fully saturated rings. The zero-order valence-electron chi connectivity index (χ0n) is 7.70. The quantitative estimate of drug-likeness (QED) is 0.700. The zero-order valence-corrected chi connectivity index (χ0v) is 7.70. The highest BCUT2D eigenvalue weighted by Crippen LogP contribution is 2.12. The predicted octanol–water partition coefficient (Wildman–Crippen LogP) is -0.347. The van der Waals surface area contributed by atoms with Crippen molar-refractivity contribution in [3.63, 3.8) is 0 Å². The van der Waals surface area contributed by atoms with Crippen LogP contribution in [-0.4, -0.2) is 25.0 Å². The number of rotatable bonds is 2. The number of nitrogens with zero attached hydrogens (tertiary/aromatic N) is 5. The summed E-state index contributed by atoms with van der Waals surface area (Å²) in [5.41, 5.74) is 6.72. The van der Waals surface area contributed by atoms with Crippen LogP contribution in [0.2, 0.25) is 0 Å². The van der Waals surface area contributed by atoms with Crippen LogP contribution in [-0.2, 0) is 7.05 Å². The minimum Gasteiger partial charge on any atom is -0.316 e. The van der Waals surface area contributed by atoms with Gasteiger partial charge in [0, 0.05) is 19.4 Å². The second-order valence-corrected chi connectivity index (χ2v) is 2.87. The Morgan fingerprint density at radius 2 is 2.07 bits per heavy atom. The molecule has 14 heavy (non-hydrogen) atoms. The molecule has 2 N–H and O–H groups in total. The van der Waals surface area contributed by atoms with Crippen molar-refractivity contribution in [3.05, 3.63) is 36.2 Å². The number of nitrogens with two attached hydrogens (primary N) is 1. The molecule has 0 amide bonds. The monoisotopic (exact) mass is 190 g/mol. The van der Waals surface area contributed by atoms with Gasteiger partial charge in [0.25, 0.3) is 0 Å². The van der Waals surface area contributed by atoms with E-state index in [1.807, 2.05) is 0 Å². The molecule has 0 bridgehead atoms. The first-order valence-electron chi connectivity index (χ1n) is 4.16. The maximum absolute atomic E-state index is 5.94. The Kier molecular flexibility index (Phi) is 2.19. The van der Waals surface area contributed by atoms with Crippen molar-refractivity contribution in [1.82, 2.24) is 25.0 Å². The molecule has 2 rings (SSSR count). The van der Waals surface area contributed by atoms with E-state index >= 15 is 0 Å². The van der Waals surface area contributed by atoms with Gasteiger partial charge in [-0.1, -0.05) is 5.21 Å². The standard InChI is InChI=1S/C8H10N6/c1-14-6(5-12-13-14)7(9)8-10-3-2-4-11-8/h2-5,7H,9H2,1H3. The van der Waals surface area contributed by atoms with Crippen molar-refractivity contribution in [1.29, 1.82) is 0 Å². The lowest BCUT2D eigenvalue weighted by atomic mass is 10.2. The van der Waals surface area contributed by atoms with Crippen LogP contribution >= 0.6 is 0 Å². The molecule has 0 aromatic carbocycles. The molecule has 2 aromatic heterocycles. The third-order valence-corrected chi connectivity index (χ3v) is 1.93. The molecular weight excluding hydrogens is 180 g/mol. The molecule has 2 aromatic rings. The van der Waals surface area contributed by atoms with Gasteiger partial charge in [0.15, 0.2) is 5.82 Å². The van der Waals surface area contributed by atoms with Crippen molar-refractivity contribution >= 4 is 0 Å². The van der Waals surface area contributed by atoms with Gasteiger partial charge < -0.3 is 5.73 Å². The van der Waals surface area contributed by atoms with E-state index in [0.717, 1.165) is 5.69 Å². The summed E-state index contributed by atoms with van der Waals surface area (Å²) in [5, 5.41) is 7.54. The molecule has 2 heterocycles. The van der Waals surface area contributed by atoms with Gasteiger partial charge in [-0.2, -0.15) is 0 Å². The minimum absolute atomic E-state index is 0.379. The van der Waals surface area contributed by atoms with E-state index in [-0.39, 0.29) is 6.04 Å². The van der Waals surface area contributed by atoms with E-state index in [0.29, 0.717) is 5.82 Å². The van der Waals surface area contributed by atoms with Crippen LogP contribution in [0.3, 0.4) is 0 Å². The molecular formula is C8H10N6. The van der Waals surface area contributed by atoms with Gasteiger partial charge in [-0.05, 0) is 6.07 Å². The normalized spacial score (nSPS) is 12.7. The Labute approximate surface area is 80.8 Å². The van der Waals surface area contributed by atoms with Crippen LogP contribution in [0.1, 0.15) is 17.6 Å². The summed E-state index contributed by atoms with van der Waals surface area (Å²) in [7, 11) is 1.78. The number of hydrogen-bond acceptors (Lipinski definition) is 5. The van der Waals surface area contributed by atoms with E-state index in [1.54, 1.807) is 36.4 Å². The molecule has 0 radical (unpaired) electrons. The van der Waals surface area contributed by atoms with E-state index in [4.69, 9.17) is 5.73 Å². The fraction of sp³-hybridized carbons (Fsp3) is 0.250. The number of aryl methyl sites for hydroxylation is 1. The summed E-state index contributed by atoms with van der Waals surface area (Å²) >= 11 is 0. The van der Waals surface area contributed by atoms with E-state index in [1.165, 1.54) is 0 Å². The maximum Gasteiger partial charge on any atom is 0.151 e. The van der Waals surface area contributed by atoms with E-state index in [2.05, 4.69) is 20.3 Å². The van der Waals surface area contributed by atoms with Gasteiger partial charge >= 0.3 is 0 Å². The first-order valence-corrected chi connectivity index (χ1v) is 4.16. The highest BCUT2D eigenvalue weighted by Gasteiger charge is 2.14. The van der Waals surface area contributed by atoms with Gasteiger partial charge in [-0.25, -0.2) is 9.97 Å². The highest BCUT2D eigenvalue weighted by molar-refractivity contribution is 5.12. The maximum atomic E-state index is 5.94. The third kappa shape index (κ3) is 1.47. The zero-order chi connectivity index (χ0) is 9.97. The molecule has 0 aliphatic heterocycles. The van der Waals surface area contributed by atoms with Crippen LogP contribution in [0.4, 0.5) is 0 Å². The number of aromatic nitrogens is 5. The van der Waals surface area contributed by atoms with Gasteiger partial charge in [-0.3, -0.25) is 4.68 Å². The minimum atomic E-state index is -0.379. The van der Waals surface area contributed by atoms with Crippen LogP contribution in [0.15, 0.2) is 24.7 Å². The highest BCUT2D eigenvalue weighted by atomic mass is 15.4. The summed E-state index contributed by atoms with van der Waals surface area (Å²) in [6, 6.07) is 1.37. The molecule has 6 nitrogen and oxygen atoms in total. The second-order valence-electron chi connectivity index (χ2n) is 2.87. The topological polar surface area (TPSA) is 82.5 Å². The van der Waals surface area contributed by atoms with Gasteiger partial charge in [-0.15, -0.1) is 5.10 Å². The SMILES string of the molecule is Cn1nncc1C(N)c1ncccn1. The Morgan fingerprint density at radius 3 is 2.64 bits per heavy atom. The summed E-state index contributed by atoms with van der Waals surface area (Å²) in [4.78, 5) is 8.14. The van der Waals surface area contributed by atoms with Crippen molar-refractivity contribution < 1.29 is 0 Å². The molecule has 1 unspecified atom stereocenters. The Bertz CT molecular complexity index is 409. The van der Waals surface area contributed by atoms with Crippen LogP contribution in [0, 0.1) is 0 Å². The van der Waals surface area contributed by atoms with Crippen LogP contribution in [0.5, 0.6) is 0 Å². The first-order chi connectivity index (χ1) is 6.79. The average Bonchev–Trinajstić information content (AvgIpc) is 2.65. The largest absolute Gasteiger partial charge is 0.316 e. The molecule has 6 heteroatoms. The average molecular weight is 190 g/mol. The lowest BCUT2D eigenvalue weighted by Gasteiger charge is -2.08. The lowest BCUT2D eigenvalue weighted by Crippen LogP contribution is -2.18. The van der Waals surface area contributed by atoms with Crippen molar-refractivity contribution in [3.8, 4) is 0 Å². The Morgan fingerprint density at radius 1 is 1.36 bits per heavy atom. The lowest BCUT2D eigenvalue weighted by molar-refractivity contribution is 0.635. The third-order valence-electron chi connectivity index (χ3n) is 1.93. The molecule has 0 saturated heterocycles. The Hall–Kier alpha value is -1.82. The molecule has 0 aliphatic carbocycles. The summed E-state index contributed by atoms with van der Waals surface area (Å²) in [5.74, 6) is 0.568. The summed E-state index contributed by atoms with van der Waals surface area (Å²) in [6.07, 6.45) is 4.93. The fourth-order valence-electron chi connectivity index (χ4n) is 1.18. The van der Waals surface area contributed by atoms with Crippen LogP contribution in [0.25, 0.3) is 0 Å². The fourth-order valence-corrected chi connectivity index (χ4v) is 1.18. The van der Waals surface area contributed by atoms with Gasteiger partial charge in [0.1, 0.15) is 6.04 Å². The molecule has 0 aliphatic rings. The second kappa shape index (κ2) is 3.51. The van der Waals surface area contributed by atoms with Crippen molar-refractivity contribution in [2.75, 3.05) is 0 Å². The molecule has 0 saturated carbocycles. The summed E-state index contributed by atoms with van der Waals surface area (Å²) < 4.78 is 1.61. The van der Waals surface area contributed by atoms with Crippen molar-refractivity contribution in [2.24, 2.45) is 12.8 Å². The van der Waals surface area contributed by atoms with Crippen molar-refractivity contribution in [2.45, 2.75) is 6.04 Å². The van der Waals surface area contributed by atoms with Gasteiger partial charge in [0.2, 0.25) is 0 Å². The molecule has 0 spiro atoms.